The van der Waals surface area contributed by atoms with E-state index in [0.29, 0.717) is 5.92 Å². The summed E-state index contributed by atoms with van der Waals surface area (Å²) in [4.78, 5) is 13.6. The van der Waals surface area contributed by atoms with Gasteiger partial charge in [0.15, 0.2) is 11.5 Å². The number of imidazole rings is 1. The van der Waals surface area contributed by atoms with Crippen LogP contribution < -0.4 is 9.47 Å². The number of piperidine rings is 2. The molecule has 40 heavy (non-hydrogen) atoms. The molecule has 0 unspecified atom stereocenters. The molecule has 4 heterocycles. The number of ether oxygens (including phenoxy) is 2. The highest BCUT2D eigenvalue weighted by Crippen LogP contribution is 2.38. The third kappa shape index (κ3) is 5.25. The van der Waals surface area contributed by atoms with Crippen LogP contribution in [0.1, 0.15) is 55.5 Å². The van der Waals surface area contributed by atoms with Gasteiger partial charge < -0.3 is 23.9 Å². The third-order valence-electron chi connectivity index (χ3n) is 9.32. The van der Waals surface area contributed by atoms with Gasteiger partial charge in [-0.2, -0.15) is 0 Å². The molecule has 7 heteroatoms. The largest absolute Gasteiger partial charge is 0.493 e. The number of benzene rings is 2. The number of hydrogen-bond acceptors (Lipinski definition) is 5. The fourth-order valence-electron chi connectivity index (χ4n) is 6.91. The van der Waals surface area contributed by atoms with E-state index in [2.05, 4.69) is 68.6 Å². The molecule has 1 N–H and O–H groups in total. The molecule has 0 bridgehead atoms. The van der Waals surface area contributed by atoms with Gasteiger partial charge in [0.05, 0.1) is 20.8 Å². The molecule has 2 saturated heterocycles. The number of likely N-dealkylation sites (tertiary alicyclic amines) is 2. The van der Waals surface area contributed by atoms with Crippen molar-refractivity contribution in [3.63, 3.8) is 0 Å². The van der Waals surface area contributed by atoms with Gasteiger partial charge in [-0.1, -0.05) is 13.0 Å². The van der Waals surface area contributed by atoms with Crippen LogP contribution in [0.5, 0.6) is 11.5 Å². The smallest absolute Gasteiger partial charge is 0.161 e. The molecule has 0 saturated carbocycles. The fraction of sp³-hybridized carbons (Fsp3) is 0.485. The van der Waals surface area contributed by atoms with Gasteiger partial charge >= 0.3 is 0 Å². The Labute approximate surface area is 238 Å². The fourth-order valence-corrected chi connectivity index (χ4v) is 6.91. The Bertz CT molecular complexity index is 1440. The van der Waals surface area contributed by atoms with Gasteiger partial charge in [-0.15, -0.1) is 0 Å². The Morgan fingerprint density at radius 2 is 1.70 bits per heavy atom. The number of rotatable bonds is 8. The lowest BCUT2D eigenvalue weighted by Crippen LogP contribution is -2.47. The van der Waals surface area contributed by atoms with Gasteiger partial charge in [0.25, 0.3) is 0 Å². The van der Waals surface area contributed by atoms with Crippen LogP contribution in [0.25, 0.3) is 22.2 Å². The number of nitrogens with one attached hydrogen (secondary N) is 1. The van der Waals surface area contributed by atoms with Crippen LogP contribution >= 0.6 is 0 Å². The summed E-state index contributed by atoms with van der Waals surface area (Å²) in [5, 5.41) is 1.35. The molecule has 0 spiro atoms. The molecule has 2 aromatic heterocycles. The molecule has 0 radical (unpaired) electrons. The van der Waals surface area contributed by atoms with Crippen LogP contribution in [0.4, 0.5) is 0 Å². The first kappa shape index (κ1) is 26.9. The maximum atomic E-state index is 5.58. The van der Waals surface area contributed by atoms with Crippen molar-refractivity contribution < 1.29 is 9.47 Å². The molecular weight excluding hydrogens is 498 g/mol. The van der Waals surface area contributed by atoms with Crippen molar-refractivity contribution in [1.82, 2.24) is 24.3 Å². The van der Waals surface area contributed by atoms with Crippen molar-refractivity contribution in [1.29, 1.82) is 0 Å². The van der Waals surface area contributed by atoms with Crippen LogP contribution in [0.15, 0.2) is 48.8 Å². The highest BCUT2D eigenvalue weighted by Gasteiger charge is 2.29. The molecule has 2 fully saturated rings. The molecule has 7 nitrogen and oxygen atoms in total. The lowest BCUT2D eigenvalue weighted by Gasteiger charge is -2.42. The normalized spacial score (nSPS) is 18.0. The average molecular weight is 542 g/mol. The Morgan fingerprint density at radius 1 is 0.925 bits per heavy atom. The van der Waals surface area contributed by atoms with Crippen LogP contribution in [-0.2, 0) is 20.0 Å². The molecule has 0 aliphatic carbocycles. The predicted molar refractivity (Wildman–Crippen MR) is 161 cm³/mol. The summed E-state index contributed by atoms with van der Waals surface area (Å²) in [5.41, 5.74) is 6.38. The van der Waals surface area contributed by atoms with Gasteiger partial charge in [-0.05, 0) is 92.6 Å². The van der Waals surface area contributed by atoms with E-state index in [9.17, 15) is 0 Å². The maximum absolute atomic E-state index is 5.58. The van der Waals surface area contributed by atoms with E-state index >= 15 is 0 Å². The number of hydrogen-bond donors (Lipinski definition) is 1. The maximum Gasteiger partial charge on any atom is 0.161 e. The number of methoxy groups -OCH3 is 2. The van der Waals surface area contributed by atoms with Crippen molar-refractivity contribution in [2.24, 2.45) is 7.05 Å². The van der Waals surface area contributed by atoms with E-state index in [0.717, 1.165) is 36.1 Å². The van der Waals surface area contributed by atoms with Crippen LogP contribution in [0.2, 0.25) is 0 Å². The van der Waals surface area contributed by atoms with Crippen LogP contribution in [0.3, 0.4) is 0 Å². The SMILES string of the molecule is CCc1c(-c2ccc(OC)c(OC)c2)[nH]c2ccc(C3CCN(C4CCN(Cc5nccn5C)CC4)CC3)cc12. The van der Waals surface area contributed by atoms with E-state index in [1.54, 1.807) is 14.2 Å². The number of H-pyrrole nitrogens is 1. The van der Waals surface area contributed by atoms with Gasteiger partial charge in [-0.3, -0.25) is 4.90 Å². The molecule has 2 aliphatic rings. The molecule has 2 aliphatic heterocycles. The van der Waals surface area contributed by atoms with Crippen molar-refractivity contribution in [3.8, 4) is 22.8 Å². The van der Waals surface area contributed by atoms with E-state index in [-0.39, 0.29) is 0 Å². The minimum atomic E-state index is 0.633. The Kier molecular flexibility index (Phi) is 7.85. The first-order valence-corrected chi connectivity index (χ1v) is 14.9. The molecule has 6 rings (SSSR count). The molecule has 0 amide bonds. The Hall–Kier alpha value is -3.29. The highest BCUT2D eigenvalue weighted by molar-refractivity contribution is 5.91. The van der Waals surface area contributed by atoms with E-state index in [4.69, 9.17) is 9.47 Å². The summed E-state index contributed by atoms with van der Waals surface area (Å²) in [5.74, 6) is 3.31. The second-order valence-corrected chi connectivity index (χ2v) is 11.5. The van der Waals surface area contributed by atoms with E-state index in [1.165, 1.54) is 85.4 Å². The van der Waals surface area contributed by atoms with Crippen molar-refractivity contribution >= 4 is 10.9 Å². The second-order valence-electron chi connectivity index (χ2n) is 11.5. The van der Waals surface area contributed by atoms with Crippen molar-refractivity contribution in [3.05, 3.63) is 65.7 Å². The van der Waals surface area contributed by atoms with E-state index < -0.39 is 0 Å². The standard InChI is InChI=1S/C33H43N5O2/c1-5-27-28-20-24(6-8-29(28)35-33(27)25-7-9-30(39-3)31(21-25)40-4)23-10-17-38(18-11-23)26-12-15-37(16-13-26)22-32-34-14-19-36(32)2/h6-9,14,19-21,23,26,35H,5,10-13,15-18,22H2,1-4H3. The third-order valence-corrected chi connectivity index (χ3v) is 9.32. The van der Waals surface area contributed by atoms with Crippen LogP contribution in [-0.4, -0.2) is 70.8 Å². The summed E-state index contributed by atoms with van der Waals surface area (Å²) in [6, 6.07) is 14.0. The average Bonchev–Trinajstić information content (AvgIpc) is 3.59. The summed E-state index contributed by atoms with van der Waals surface area (Å²) in [7, 11) is 5.46. The topological polar surface area (TPSA) is 58.6 Å². The van der Waals surface area contributed by atoms with Crippen molar-refractivity contribution in [2.45, 2.75) is 57.5 Å². The number of nitrogens with zero attached hydrogens (tertiary/aromatic N) is 4. The zero-order valence-electron chi connectivity index (χ0n) is 24.4. The van der Waals surface area contributed by atoms with Crippen molar-refractivity contribution in [2.75, 3.05) is 40.4 Å². The zero-order valence-corrected chi connectivity index (χ0v) is 24.4. The van der Waals surface area contributed by atoms with Gasteiger partial charge in [0.2, 0.25) is 0 Å². The molecule has 0 atom stereocenters. The Morgan fingerprint density at radius 3 is 2.38 bits per heavy atom. The zero-order chi connectivity index (χ0) is 27.6. The van der Waals surface area contributed by atoms with Crippen LogP contribution in [0, 0.1) is 0 Å². The quantitative estimate of drug-likeness (QED) is 0.297. The number of aromatic nitrogens is 3. The summed E-state index contributed by atoms with van der Waals surface area (Å²) < 4.78 is 13.2. The van der Waals surface area contributed by atoms with Gasteiger partial charge in [0.1, 0.15) is 5.82 Å². The summed E-state index contributed by atoms with van der Waals surface area (Å²) >= 11 is 0. The predicted octanol–water partition coefficient (Wildman–Crippen LogP) is 5.99. The molecule has 2 aromatic carbocycles. The first-order valence-electron chi connectivity index (χ1n) is 14.9. The lowest BCUT2D eigenvalue weighted by atomic mass is 9.87. The van der Waals surface area contributed by atoms with E-state index in [1.807, 2.05) is 18.5 Å². The van der Waals surface area contributed by atoms with Gasteiger partial charge in [0, 0.05) is 60.7 Å². The van der Waals surface area contributed by atoms with Gasteiger partial charge in [-0.25, -0.2) is 4.98 Å². The summed E-state index contributed by atoms with van der Waals surface area (Å²) in [6.07, 6.45) is 9.94. The molecular formula is C33H43N5O2. The monoisotopic (exact) mass is 541 g/mol. The highest BCUT2D eigenvalue weighted by atomic mass is 16.5. The molecule has 4 aromatic rings. The first-order chi connectivity index (χ1) is 19.6. The number of aryl methyl sites for hydroxylation is 2. The second kappa shape index (κ2) is 11.7. The minimum Gasteiger partial charge on any atom is -0.493 e. The molecule has 212 valence electrons. The lowest BCUT2D eigenvalue weighted by molar-refractivity contribution is 0.0832. The summed E-state index contributed by atoms with van der Waals surface area (Å²) in [6.45, 7) is 7.97. The minimum absolute atomic E-state index is 0.633. The number of fused-ring (bicyclic) bond motifs is 1. The Balaban J connectivity index is 1.11. The number of aromatic amines is 1.